The summed E-state index contributed by atoms with van der Waals surface area (Å²) in [7, 11) is 0. The molecule has 1 aliphatic rings. The van der Waals surface area contributed by atoms with Gasteiger partial charge >= 0.3 is 5.97 Å². The van der Waals surface area contributed by atoms with Gasteiger partial charge in [-0.3, -0.25) is 4.79 Å². The van der Waals surface area contributed by atoms with E-state index in [0.717, 1.165) is 18.4 Å². The molecule has 2 nitrogen and oxygen atoms in total. The number of hydrogen-bond donors (Lipinski definition) is 0. The zero-order valence-corrected chi connectivity index (χ0v) is 15.1. The number of carbonyl (C=O) groups is 1. The molecule has 0 N–H and O–H groups in total. The van der Waals surface area contributed by atoms with E-state index in [2.05, 4.69) is 18.1 Å². The van der Waals surface area contributed by atoms with Crippen molar-refractivity contribution in [3.05, 3.63) is 102 Å². The summed E-state index contributed by atoms with van der Waals surface area (Å²) in [5.41, 5.74) is 1.99. The number of carbonyl (C=O) groups excluding carboxylic acids is 1. The van der Waals surface area contributed by atoms with E-state index in [1.165, 1.54) is 5.56 Å². The maximum atomic E-state index is 12.3. The summed E-state index contributed by atoms with van der Waals surface area (Å²) in [6.07, 6.45) is 7.24. The molecule has 0 saturated heterocycles. The molecule has 27 heavy (non-hydrogen) atoms. The van der Waals surface area contributed by atoms with Crippen LogP contribution in [0.4, 0.5) is 0 Å². The van der Waals surface area contributed by atoms with E-state index >= 15 is 0 Å². The minimum Gasteiger partial charge on any atom is -0.426 e. The van der Waals surface area contributed by atoms with Crippen LogP contribution in [-0.4, -0.2) is 5.97 Å². The predicted octanol–water partition coefficient (Wildman–Crippen LogP) is 5.45. The smallest absolute Gasteiger partial charge is 0.314 e. The van der Waals surface area contributed by atoms with Crippen molar-refractivity contribution in [1.82, 2.24) is 0 Å². The van der Waals surface area contributed by atoms with Crippen LogP contribution < -0.4 is 4.74 Å². The molecular weight excluding hydrogens is 332 g/mol. The van der Waals surface area contributed by atoms with Gasteiger partial charge in [-0.15, -0.1) is 6.42 Å². The maximum absolute atomic E-state index is 12.3. The van der Waals surface area contributed by atoms with Crippen LogP contribution in [0.5, 0.6) is 5.75 Å². The van der Waals surface area contributed by atoms with Crippen molar-refractivity contribution in [3.63, 3.8) is 0 Å². The van der Waals surface area contributed by atoms with Gasteiger partial charge in [0.15, 0.2) is 0 Å². The highest BCUT2D eigenvalue weighted by Crippen LogP contribution is 2.43. The Balaban J connectivity index is 0.000000299. The first-order valence-corrected chi connectivity index (χ1v) is 9.11. The Hall–Kier alpha value is -3.31. The number of esters is 1. The van der Waals surface area contributed by atoms with Gasteiger partial charge < -0.3 is 4.74 Å². The second kappa shape index (κ2) is 9.40. The summed E-state index contributed by atoms with van der Waals surface area (Å²) in [4.78, 5) is 12.3. The Labute approximate surface area is 160 Å². The fraction of sp³-hybridized carbons (Fsp3) is 0.160. The number of benzene rings is 3. The van der Waals surface area contributed by atoms with Crippen molar-refractivity contribution in [1.29, 1.82) is 0 Å². The molecule has 0 aromatic heterocycles. The van der Waals surface area contributed by atoms with Gasteiger partial charge in [-0.25, -0.2) is 0 Å². The highest BCUT2D eigenvalue weighted by atomic mass is 16.5. The molecule has 2 atom stereocenters. The third-order valence-corrected chi connectivity index (χ3v) is 4.71. The minimum atomic E-state index is -0.149. The first-order chi connectivity index (χ1) is 13.3. The fourth-order valence-corrected chi connectivity index (χ4v) is 3.08. The quantitative estimate of drug-likeness (QED) is 0.355. The SMILES string of the molecule is C#Cc1ccc(OC(=O)C2CCC2c2ccccc2)cc1.c1ccccc1. The molecule has 0 amide bonds. The average molecular weight is 354 g/mol. The van der Waals surface area contributed by atoms with Gasteiger partial charge in [0, 0.05) is 5.56 Å². The molecule has 1 saturated carbocycles. The van der Waals surface area contributed by atoms with E-state index in [4.69, 9.17) is 11.2 Å². The molecule has 0 heterocycles. The highest BCUT2D eigenvalue weighted by molar-refractivity contribution is 5.77. The Kier molecular flexibility index (Phi) is 6.44. The van der Waals surface area contributed by atoms with Crippen LogP contribution in [0.25, 0.3) is 0 Å². The van der Waals surface area contributed by atoms with Gasteiger partial charge in [-0.05, 0) is 48.6 Å². The molecule has 3 aromatic carbocycles. The minimum absolute atomic E-state index is 0.0419. The Bertz CT molecular complexity index is 850. The molecule has 3 aromatic rings. The highest BCUT2D eigenvalue weighted by Gasteiger charge is 2.38. The van der Waals surface area contributed by atoms with Crippen molar-refractivity contribution in [2.24, 2.45) is 5.92 Å². The average Bonchev–Trinajstić information content (AvgIpc) is 2.70. The summed E-state index contributed by atoms with van der Waals surface area (Å²) in [5, 5.41) is 0. The number of rotatable bonds is 3. The van der Waals surface area contributed by atoms with Gasteiger partial charge in [0.2, 0.25) is 0 Å². The molecule has 2 heteroatoms. The molecule has 1 fully saturated rings. The molecule has 0 bridgehead atoms. The largest absolute Gasteiger partial charge is 0.426 e. The van der Waals surface area contributed by atoms with Crippen LogP contribution >= 0.6 is 0 Å². The summed E-state index contributed by atoms with van der Waals surface area (Å²) in [6.45, 7) is 0. The Morgan fingerprint density at radius 3 is 1.85 bits per heavy atom. The summed E-state index contributed by atoms with van der Waals surface area (Å²) >= 11 is 0. The van der Waals surface area contributed by atoms with Gasteiger partial charge in [-0.1, -0.05) is 72.7 Å². The standard InChI is InChI=1S/C19H16O2.C6H6/c1-2-14-8-10-16(11-9-14)21-19(20)18-13-12-17(18)15-6-4-3-5-7-15;1-2-4-6-5-3-1/h1,3-11,17-18H,12-13H2;1-6H. The topological polar surface area (TPSA) is 26.3 Å². The van der Waals surface area contributed by atoms with Gasteiger partial charge in [-0.2, -0.15) is 0 Å². The van der Waals surface area contributed by atoms with E-state index < -0.39 is 0 Å². The molecular formula is C25H22O2. The molecule has 2 unspecified atom stereocenters. The van der Waals surface area contributed by atoms with Crippen LogP contribution in [0, 0.1) is 18.3 Å². The van der Waals surface area contributed by atoms with Crippen LogP contribution in [0.15, 0.2) is 91.0 Å². The van der Waals surface area contributed by atoms with Crippen molar-refractivity contribution >= 4 is 5.97 Å². The summed E-state index contributed by atoms with van der Waals surface area (Å²) in [5.74, 6) is 3.18. The molecule has 134 valence electrons. The van der Waals surface area contributed by atoms with Crippen LogP contribution in [0.1, 0.15) is 29.9 Å². The van der Waals surface area contributed by atoms with Crippen LogP contribution in [0.3, 0.4) is 0 Å². The van der Waals surface area contributed by atoms with E-state index in [1.54, 1.807) is 24.3 Å². The number of ether oxygens (including phenoxy) is 1. The third kappa shape index (κ3) is 5.09. The molecule has 0 radical (unpaired) electrons. The summed E-state index contributed by atoms with van der Waals surface area (Å²) in [6, 6.07) is 29.2. The molecule has 4 rings (SSSR count). The van der Waals surface area contributed by atoms with E-state index in [0.29, 0.717) is 5.75 Å². The lowest BCUT2D eigenvalue weighted by Crippen LogP contribution is -2.34. The van der Waals surface area contributed by atoms with Gasteiger partial charge in [0.1, 0.15) is 5.75 Å². The summed E-state index contributed by atoms with van der Waals surface area (Å²) < 4.78 is 5.46. The van der Waals surface area contributed by atoms with Crippen LogP contribution in [0.2, 0.25) is 0 Å². The first kappa shape index (κ1) is 18.5. The van der Waals surface area contributed by atoms with Crippen molar-refractivity contribution in [2.45, 2.75) is 18.8 Å². The lowest BCUT2D eigenvalue weighted by molar-refractivity contribution is -0.142. The van der Waals surface area contributed by atoms with E-state index in [9.17, 15) is 4.79 Å². The van der Waals surface area contributed by atoms with Crippen molar-refractivity contribution < 1.29 is 9.53 Å². The Morgan fingerprint density at radius 1 is 0.815 bits per heavy atom. The first-order valence-electron chi connectivity index (χ1n) is 9.11. The predicted molar refractivity (Wildman–Crippen MR) is 108 cm³/mol. The van der Waals surface area contributed by atoms with Crippen molar-refractivity contribution in [3.8, 4) is 18.1 Å². The number of terminal acetylenes is 1. The zero-order valence-electron chi connectivity index (χ0n) is 15.1. The van der Waals surface area contributed by atoms with Gasteiger partial charge in [0.05, 0.1) is 5.92 Å². The second-order valence-corrected chi connectivity index (χ2v) is 6.45. The lowest BCUT2D eigenvalue weighted by atomic mass is 9.70. The molecule has 1 aliphatic carbocycles. The number of hydrogen-bond acceptors (Lipinski definition) is 2. The fourth-order valence-electron chi connectivity index (χ4n) is 3.08. The second-order valence-electron chi connectivity index (χ2n) is 6.45. The van der Waals surface area contributed by atoms with E-state index in [1.807, 2.05) is 54.6 Å². The Morgan fingerprint density at radius 2 is 1.37 bits per heavy atom. The normalized spacial score (nSPS) is 17.4. The monoisotopic (exact) mass is 354 g/mol. The maximum Gasteiger partial charge on any atom is 0.314 e. The lowest BCUT2D eigenvalue weighted by Gasteiger charge is -2.34. The zero-order chi connectivity index (χ0) is 18.9. The van der Waals surface area contributed by atoms with E-state index in [-0.39, 0.29) is 17.8 Å². The molecule has 0 spiro atoms. The van der Waals surface area contributed by atoms with Gasteiger partial charge in [0.25, 0.3) is 0 Å². The van der Waals surface area contributed by atoms with Crippen LogP contribution in [-0.2, 0) is 4.79 Å². The molecule has 0 aliphatic heterocycles. The van der Waals surface area contributed by atoms with Crippen molar-refractivity contribution in [2.75, 3.05) is 0 Å². The third-order valence-electron chi connectivity index (χ3n) is 4.71.